The van der Waals surface area contributed by atoms with Crippen molar-refractivity contribution in [3.63, 3.8) is 0 Å². The van der Waals surface area contributed by atoms with Crippen LogP contribution in [0.4, 0.5) is 10.5 Å². The maximum absolute atomic E-state index is 13.2. The number of benzene rings is 2. The predicted octanol–water partition coefficient (Wildman–Crippen LogP) is 4.15. The van der Waals surface area contributed by atoms with Gasteiger partial charge < -0.3 is 16.0 Å². The minimum Gasteiger partial charge on any atom is -0.345 e. The van der Waals surface area contributed by atoms with E-state index in [1.165, 1.54) is 0 Å². The number of imide groups is 1. The molecule has 35 heavy (non-hydrogen) atoms. The van der Waals surface area contributed by atoms with E-state index in [1.54, 1.807) is 24.3 Å². The highest BCUT2D eigenvalue weighted by Gasteiger charge is 2.50. The molecule has 5 amide bonds. The van der Waals surface area contributed by atoms with E-state index in [2.05, 4.69) is 16.0 Å². The smallest absolute Gasteiger partial charge is 0.325 e. The SMILES string of the molecule is C[C@@H](NC(=O)c1ccccc1NC(=O)CN1C(=O)NC2(CCCCCCC2)C1=O)c1ccccc1. The zero-order chi connectivity index (χ0) is 24.8. The second kappa shape index (κ2) is 10.7. The van der Waals surface area contributed by atoms with Crippen molar-refractivity contribution in [3.05, 3.63) is 65.7 Å². The Labute approximate surface area is 205 Å². The molecule has 184 valence electrons. The van der Waals surface area contributed by atoms with Gasteiger partial charge in [0.1, 0.15) is 12.1 Å². The molecule has 1 heterocycles. The van der Waals surface area contributed by atoms with Crippen molar-refractivity contribution in [2.45, 2.75) is 63.5 Å². The van der Waals surface area contributed by atoms with Gasteiger partial charge in [-0.15, -0.1) is 0 Å². The molecule has 0 bridgehead atoms. The van der Waals surface area contributed by atoms with E-state index in [0.29, 0.717) is 24.1 Å². The van der Waals surface area contributed by atoms with Crippen LogP contribution in [0.3, 0.4) is 0 Å². The van der Waals surface area contributed by atoms with E-state index in [9.17, 15) is 19.2 Å². The van der Waals surface area contributed by atoms with Gasteiger partial charge in [-0.3, -0.25) is 19.3 Å². The molecule has 1 saturated heterocycles. The first-order valence-electron chi connectivity index (χ1n) is 12.3. The summed E-state index contributed by atoms with van der Waals surface area (Å²) in [5.41, 5.74) is 0.688. The van der Waals surface area contributed by atoms with Crippen molar-refractivity contribution in [2.24, 2.45) is 0 Å². The van der Waals surface area contributed by atoms with Crippen LogP contribution in [-0.2, 0) is 9.59 Å². The number of urea groups is 1. The monoisotopic (exact) mass is 476 g/mol. The Bertz CT molecular complexity index is 1090. The summed E-state index contributed by atoms with van der Waals surface area (Å²) in [5.74, 6) is -1.20. The highest BCUT2D eigenvalue weighted by Crippen LogP contribution is 2.32. The lowest BCUT2D eigenvalue weighted by Gasteiger charge is -2.28. The molecular weight excluding hydrogens is 444 g/mol. The Hall–Kier alpha value is -3.68. The molecule has 0 aromatic heterocycles. The lowest BCUT2D eigenvalue weighted by Crippen LogP contribution is -2.47. The van der Waals surface area contributed by atoms with Crippen LogP contribution in [0.2, 0.25) is 0 Å². The van der Waals surface area contributed by atoms with E-state index < -0.39 is 24.0 Å². The molecule has 1 spiro atoms. The van der Waals surface area contributed by atoms with Gasteiger partial charge in [0, 0.05) is 0 Å². The van der Waals surface area contributed by atoms with E-state index in [0.717, 1.165) is 42.6 Å². The number of nitrogens with zero attached hydrogens (tertiary/aromatic N) is 1. The second-order valence-corrected chi connectivity index (χ2v) is 9.37. The molecule has 4 rings (SSSR count). The first kappa shape index (κ1) is 24.4. The second-order valence-electron chi connectivity index (χ2n) is 9.37. The van der Waals surface area contributed by atoms with Gasteiger partial charge in [-0.1, -0.05) is 74.6 Å². The number of para-hydroxylation sites is 1. The highest BCUT2D eigenvalue weighted by atomic mass is 16.2. The summed E-state index contributed by atoms with van der Waals surface area (Å²) in [5, 5.41) is 8.52. The fraction of sp³-hybridized carbons (Fsp3) is 0.407. The number of carbonyl (C=O) groups is 4. The van der Waals surface area contributed by atoms with Crippen molar-refractivity contribution in [2.75, 3.05) is 11.9 Å². The van der Waals surface area contributed by atoms with Gasteiger partial charge in [0.25, 0.3) is 11.8 Å². The lowest BCUT2D eigenvalue weighted by molar-refractivity contribution is -0.134. The maximum Gasteiger partial charge on any atom is 0.325 e. The standard InChI is InChI=1S/C27H32N4O4/c1-19(20-12-6-5-7-13-20)28-24(33)21-14-8-9-15-22(21)29-23(32)18-31-25(34)27(30-26(31)35)16-10-3-2-4-11-17-27/h5-9,12-15,19H,2-4,10-11,16-18H2,1H3,(H,28,33)(H,29,32)(H,30,35)/t19-/m1/s1. The molecule has 8 nitrogen and oxygen atoms in total. The number of amides is 5. The van der Waals surface area contributed by atoms with Crippen LogP contribution < -0.4 is 16.0 Å². The van der Waals surface area contributed by atoms with Gasteiger partial charge >= 0.3 is 6.03 Å². The predicted molar refractivity (Wildman–Crippen MR) is 133 cm³/mol. The summed E-state index contributed by atoms with van der Waals surface area (Å²) in [4.78, 5) is 52.6. The number of nitrogens with one attached hydrogen (secondary N) is 3. The topological polar surface area (TPSA) is 108 Å². The molecule has 0 unspecified atom stereocenters. The first-order valence-corrected chi connectivity index (χ1v) is 12.3. The van der Waals surface area contributed by atoms with E-state index in [4.69, 9.17) is 0 Å². The van der Waals surface area contributed by atoms with Gasteiger partial charge in [0.15, 0.2) is 0 Å². The number of rotatable bonds is 6. The van der Waals surface area contributed by atoms with Crippen molar-refractivity contribution >= 4 is 29.4 Å². The zero-order valence-electron chi connectivity index (χ0n) is 20.0. The molecule has 2 aliphatic rings. The van der Waals surface area contributed by atoms with Gasteiger partial charge in [0.05, 0.1) is 17.3 Å². The molecular formula is C27H32N4O4. The number of anilines is 1. The van der Waals surface area contributed by atoms with Crippen molar-refractivity contribution < 1.29 is 19.2 Å². The fourth-order valence-electron chi connectivity index (χ4n) is 4.89. The third-order valence-corrected chi connectivity index (χ3v) is 6.85. The molecule has 1 atom stereocenters. The van der Waals surface area contributed by atoms with E-state index in [1.807, 2.05) is 37.3 Å². The molecule has 2 fully saturated rings. The molecule has 1 aliphatic heterocycles. The average Bonchev–Trinajstić information content (AvgIpc) is 3.07. The molecule has 2 aromatic carbocycles. The van der Waals surface area contributed by atoms with Crippen molar-refractivity contribution in [3.8, 4) is 0 Å². The third kappa shape index (κ3) is 5.53. The van der Waals surface area contributed by atoms with E-state index in [-0.39, 0.29) is 17.9 Å². The van der Waals surface area contributed by atoms with Crippen LogP contribution in [0, 0.1) is 0 Å². The summed E-state index contributed by atoms with van der Waals surface area (Å²) in [7, 11) is 0. The lowest BCUT2D eigenvalue weighted by atomic mass is 9.84. The van der Waals surface area contributed by atoms with Gasteiger partial charge in [-0.2, -0.15) is 0 Å². The Kier molecular flexibility index (Phi) is 7.48. The van der Waals surface area contributed by atoms with Gasteiger partial charge in [-0.25, -0.2) is 4.79 Å². The summed E-state index contributed by atoms with van der Waals surface area (Å²) in [6, 6.07) is 15.5. The van der Waals surface area contributed by atoms with Gasteiger partial charge in [-0.05, 0) is 37.5 Å². The van der Waals surface area contributed by atoms with Crippen LogP contribution in [0.25, 0.3) is 0 Å². The number of hydrogen-bond acceptors (Lipinski definition) is 4. The summed E-state index contributed by atoms with van der Waals surface area (Å²) >= 11 is 0. The summed E-state index contributed by atoms with van der Waals surface area (Å²) in [6.07, 6.45) is 6.14. The van der Waals surface area contributed by atoms with Crippen molar-refractivity contribution in [1.82, 2.24) is 15.5 Å². The van der Waals surface area contributed by atoms with Crippen LogP contribution in [0.15, 0.2) is 54.6 Å². The summed E-state index contributed by atoms with van der Waals surface area (Å²) < 4.78 is 0. The Balaban J connectivity index is 1.42. The minimum absolute atomic E-state index is 0.224. The fourth-order valence-corrected chi connectivity index (χ4v) is 4.89. The maximum atomic E-state index is 13.2. The Morgan fingerprint density at radius 1 is 0.943 bits per heavy atom. The average molecular weight is 477 g/mol. The van der Waals surface area contributed by atoms with Gasteiger partial charge in [0.2, 0.25) is 5.91 Å². The zero-order valence-corrected chi connectivity index (χ0v) is 20.0. The largest absolute Gasteiger partial charge is 0.345 e. The molecule has 8 heteroatoms. The molecule has 1 aliphatic carbocycles. The Morgan fingerprint density at radius 3 is 2.29 bits per heavy atom. The van der Waals surface area contributed by atoms with Crippen molar-refractivity contribution in [1.29, 1.82) is 0 Å². The summed E-state index contributed by atoms with van der Waals surface area (Å²) in [6.45, 7) is 1.49. The van der Waals surface area contributed by atoms with Crippen LogP contribution in [0.5, 0.6) is 0 Å². The molecule has 1 saturated carbocycles. The van der Waals surface area contributed by atoms with Crippen LogP contribution in [0.1, 0.15) is 73.8 Å². The third-order valence-electron chi connectivity index (χ3n) is 6.85. The minimum atomic E-state index is -0.900. The molecule has 2 aromatic rings. The Morgan fingerprint density at radius 2 is 1.57 bits per heavy atom. The van der Waals surface area contributed by atoms with Crippen LogP contribution in [-0.4, -0.2) is 40.7 Å². The quantitative estimate of drug-likeness (QED) is 0.544. The van der Waals surface area contributed by atoms with Crippen LogP contribution >= 0.6 is 0 Å². The number of hydrogen-bond donors (Lipinski definition) is 3. The number of carbonyl (C=O) groups excluding carboxylic acids is 4. The normalized spacial score (nSPS) is 18.4. The van der Waals surface area contributed by atoms with E-state index >= 15 is 0 Å². The highest BCUT2D eigenvalue weighted by molar-refractivity contribution is 6.11. The molecule has 0 radical (unpaired) electrons. The molecule has 3 N–H and O–H groups in total. The first-order chi connectivity index (χ1) is 16.9.